The van der Waals surface area contributed by atoms with Crippen LogP contribution < -0.4 is 0 Å². The van der Waals surface area contributed by atoms with E-state index in [0.717, 1.165) is 5.56 Å². The zero-order valence-corrected chi connectivity index (χ0v) is 13.5. The number of hydrogen-bond donors (Lipinski definition) is 1. The molecule has 0 saturated carbocycles. The molecular weight excluding hydrogens is 383 g/mol. The molecule has 0 aromatic heterocycles. The van der Waals surface area contributed by atoms with Crippen molar-refractivity contribution >= 4 is 34.5 Å². The summed E-state index contributed by atoms with van der Waals surface area (Å²) in [4.78, 5) is 23.2. The maximum absolute atomic E-state index is 11.9. The second-order valence-corrected chi connectivity index (χ2v) is 5.07. The van der Waals surface area contributed by atoms with Gasteiger partial charge in [0.25, 0.3) is 0 Å². The first-order chi connectivity index (χ1) is 10.1. The first-order valence-corrected chi connectivity index (χ1v) is 7.71. The molecule has 0 spiro atoms. The topological polar surface area (TPSA) is 63.6 Å². The third-order valence-electron chi connectivity index (χ3n) is 3.16. The van der Waals surface area contributed by atoms with Crippen molar-refractivity contribution in [2.45, 2.75) is 4.43 Å². The van der Waals surface area contributed by atoms with Gasteiger partial charge in [0.2, 0.25) is 0 Å². The standard InChI is InChI=1S/C16H13IO4/c1-21-16(20)13-6-3-2-5-10(13)11-7-4-8-12(15(18)19)14(11)9-17/h2-8H,9H2,1H3,(H,18,19). The molecule has 0 heterocycles. The molecule has 0 radical (unpaired) electrons. The van der Waals surface area contributed by atoms with Gasteiger partial charge >= 0.3 is 11.9 Å². The summed E-state index contributed by atoms with van der Waals surface area (Å²) in [6.45, 7) is 0. The third kappa shape index (κ3) is 3.07. The van der Waals surface area contributed by atoms with Gasteiger partial charge in [-0.3, -0.25) is 0 Å². The molecule has 0 saturated heterocycles. The summed E-state index contributed by atoms with van der Waals surface area (Å²) in [6.07, 6.45) is 0. The lowest BCUT2D eigenvalue weighted by Gasteiger charge is -2.13. The number of carboxylic acids is 1. The molecule has 4 nitrogen and oxygen atoms in total. The number of aromatic carboxylic acids is 1. The van der Waals surface area contributed by atoms with E-state index in [1.807, 2.05) is 12.1 Å². The van der Waals surface area contributed by atoms with Crippen LogP contribution in [-0.2, 0) is 9.16 Å². The van der Waals surface area contributed by atoms with Crippen LogP contribution in [0.3, 0.4) is 0 Å². The summed E-state index contributed by atoms with van der Waals surface area (Å²) < 4.78 is 5.33. The highest BCUT2D eigenvalue weighted by molar-refractivity contribution is 14.1. The number of carbonyl (C=O) groups excluding carboxylic acids is 1. The molecule has 1 N–H and O–H groups in total. The molecule has 0 aliphatic rings. The van der Waals surface area contributed by atoms with Gasteiger partial charge in [-0.25, -0.2) is 9.59 Å². The molecule has 2 rings (SSSR count). The summed E-state index contributed by atoms with van der Waals surface area (Å²) >= 11 is 2.12. The summed E-state index contributed by atoms with van der Waals surface area (Å²) in [7, 11) is 1.33. The Labute approximate surface area is 135 Å². The first kappa shape index (κ1) is 15.5. The molecule has 5 heteroatoms. The second kappa shape index (κ2) is 6.71. The largest absolute Gasteiger partial charge is 0.478 e. The van der Waals surface area contributed by atoms with E-state index in [1.54, 1.807) is 30.3 Å². The minimum Gasteiger partial charge on any atom is -0.478 e. The molecule has 108 valence electrons. The highest BCUT2D eigenvalue weighted by Gasteiger charge is 2.18. The van der Waals surface area contributed by atoms with Crippen LogP contribution in [0.1, 0.15) is 26.3 Å². The molecular formula is C16H13IO4. The molecule has 2 aromatic rings. The maximum Gasteiger partial charge on any atom is 0.338 e. The predicted molar refractivity (Wildman–Crippen MR) is 87.9 cm³/mol. The van der Waals surface area contributed by atoms with Crippen molar-refractivity contribution in [2.75, 3.05) is 7.11 Å². The van der Waals surface area contributed by atoms with Crippen LogP contribution in [0.4, 0.5) is 0 Å². The fraction of sp³-hybridized carbons (Fsp3) is 0.125. The quantitative estimate of drug-likeness (QED) is 0.486. The van der Waals surface area contributed by atoms with E-state index in [-0.39, 0.29) is 5.56 Å². The van der Waals surface area contributed by atoms with Crippen LogP contribution in [0.2, 0.25) is 0 Å². The van der Waals surface area contributed by atoms with Gasteiger partial charge in [0.1, 0.15) is 0 Å². The van der Waals surface area contributed by atoms with Crippen LogP contribution >= 0.6 is 22.6 Å². The van der Waals surface area contributed by atoms with Crippen molar-refractivity contribution in [1.82, 2.24) is 0 Å². The Morgan fingerprint density at radius 3 is 2.29 bits per heavy atom. The Morgan fingerprint density at radius 1 is 1.05 bits per heavy atom. The average molecular weight is 396 g/mol. The number of carbonyl (C=O) groups is 2. The summed E-state index contributed by atoms with van der Waals surface area (Å²) in [5.74, 6) is -1.41. The maximum atomic E-state index is 11.9. The zero-order chi connectivity index (χ0) is 15.4. The molecule has 0 atom stereocenters. The zero-order valence-electron chi connectivity index (χ0n) is 11.3. The summed E-state index contributed by atoms with van der Waals surface area (Å²) in [5.41, 5.74) is 2.79. The fourth-order valence-corrected chi connectivity index (χ4v) is 3.01. The average Bonchev–Trinajstić information content (AvgIpc) is 2.53. The molecule has 0 bridgehead atoms. The van der Waals surface area contributed by atoms with E-state index in [2.05, 4.69) is 22.6 Å². The van der Waals surface area contributed by atoms with E-state index < -0.39 is 11.9 Å². The second-order valence-electron chi connectivity index (χ2n) is 4.31. The van der Waals surface area contributed by atoms with Crippen LogP contribution in [-0.4, -0.2) is 24.2 Å². The van der Waals surface area contributed by atoms with Crippen molar-refractivity contribution < 1.29 is 19.4 Å². The summed E-state index contributed by atoms with van der Waals surface area (Å²) in [5, 5.41) is 9.30. The number of ether oxygens (including phenoxy) is 1. The third-order valence-corrected chi connectivity index (χ3v) is 3.93. The van der Waals surface area contributed by atoms with E-state index >= 15 is 0 Å². The number of carboxylic acid groups (broad SMARTS) is 1. The van der Waals surface area contributed by atoms with Crippen LogP contribution in [0.5, 0.6) is 0 Å². The van der Waals surface area contributed by atoms with Gasteiger partial charge in [-0.1, -0.05) is 52.9 Å². The van der Waals surface area contributed by atoms with Gasteiger partial charge in [0, 0.05) is 4.43 Å². The lowest BCUT2D eigenvalue weighted by atomic mass is 9.93. The van der Waals surface area contributed by atoms with Gasteiger partial charge in [0.05, 0.1) is 18.2 Å². The Morgan fingerprint density at radius 2 is 1.67 bits per heavy atom. The Bertz CT molecular complexity index is 694. The van der Waals surface area contributed by atoms with E-state index in [1.165, 1.54) is 7.11 Å². The lowest BCUT2D eigenvalue weighted by Crippen LogP contribution is -2.06. The number of halogens is 1. The van der Waals surface area contributed by atoms with Gasteiger partial charge in [0.15, 0.2) is 0 Å². The van der Waals surface area contributed by atoms with Crippen LogP contribution in [0.25, 0.3) is 11.1 Å². The van der Waals surface area contributed by atoms with Gasteiger partial charge in [-0.15, -0.1) is 0 Å². The van der Waals surface area contributed by atoms with Gasteiger partial charge in [-0.05, 0) is 28.8 Å². The number of esters is 1. The number of methoxy groups -OCH3 is 1. The van der Waals surface area contributed by atoms with Crippen LogP contribution in [0, 0.1) is 0 Å². The fourth-order valence-electron chi connectivity index (χ4n) is 2.19. The summed E-state index contributed by atoms with van der Waals surface area (Å²) in [6, 6.07) is 12.1. The SMILES string of the molecule is COC(=O)c1ccccc1-c1cccc(C(=O)O)c1CI. The minimum atomic E-state index is -0.973. The Hall–Kier alpha value is -1.89. The van der Waals surface area contributed by atoms with Crippen molar-refractivity contribution in [2.24, 2.45) is 0 Å². The molecule has 2 aromatic carbocycles. The minimum absolute atomic E-state index is 0.251. The normalized spacial score (nSPS) is 10.2. The Balaban J connectivity index is 2.71. The van der Waals surface area contributed by atoms with Crippen molar-refractivity contribution in [3.8, 4) is 11.1 Å². The molecule has 0 unspecified atom stereocenters. The molecule has 0 aliphatic carbocycles. The predicted octanol–water partition coefficient (Wildman–Crippen LogP) is 3.77. The Kier molecular flexibility index (Phi) is 4.95. The van der Waals surface area contributed by atoms with Crippen LogP contribution in [0.15, 0.2) is 42.5 Å². The lowest BCUT2D eigenvalue weighted by molar-refractivity contribution is 0.0601. The van der Waals surface area contributed by atoms with Crippen molar-refractivity contribution in [3.05, 3.63) is 59.2 Å². The van der Waals surface area contributed by atoms with E-state index in [0.29, 0.717) is 21.1 Å². The highest BCUT2D eigenvalue weighted by Crippen LogP contribution is 2.31. The monoisotopic (exact) mass is 396 g/mol. The smallest absolute Gasteiger partial charge is 0.338 e. The molecule has 0 aliphatic heterocycles. The molecule has 21 heavy (non-hydrogen) atoms. The first-order valence-electron chi connectivity index (χ1n) is 6.19. The number of hydrogen-bond acceptors (Lipinski definition) is 3. The molecule has 0 fully saturated rings. The number of alkyl halides is 1. The van der Waals surface area contributed by atoms with Crippen molar-refractivity contribution in [1.29, 1.82) is 0 Å². The number of rotatable bonds is 4. The van der Waals surface area contributed by atoms with E-state index in [4.69, 9.17) is 4.74 Å². The van der Waals surface area contributed by atoms with Crippen molar-refractivity contribution in [3.63, 3.8) is 0 Å². The number of benzene rings is 2. The molecule has 0 amide bonds. The highest BCUT2D eigenvalue weighted by atomic mass is 127. The van der Waals surface area contributed by atoms with Gasteiger partial charge in [-0.2, -0.15) is 0 Å². The van der Waals surface area contributed by atoms with Gasteiger partial charge < -0.3 is 9.84 Å². The van der Waals surface area contributed by atoms with E-state index in [9.17, 15) is 14.7 Å².